The van der Waals surface area contributed by atoms with Gasteiger partial charge in [0.05, 0.1) is 16.2 Å². The molecule has 0 saturated heterocycles. The predicted octanol–water partition coefficient (Wildman–Crippen LogP) is 4.63. The normalized spacial score (nSPS) is 23.2. The van der Waals surface area contributed by atoms with Gasteiger partial charge >= 0.3 is 0 Å². The summed E-state index contributed by atoms with van der Waals surface area (Å²) in [4.78, 5) is 14.3. The van der Waals surface area contributed by atoms with Gasteiger partial charge in [-0.05, 0) is 30.9 Å². The molecule has 1 fully saturated rings. The first-order valence-corrected chi connectivity index (χ1v) is 10.7. The SMILES string of the molecule is C[C@]1(O)C[C@](N)(c2ccc(-c3nc(-c4cncnc4)sc3-c3ccccc3)cc2)C1. The van der Waals surface area contributed by atoms with E-state index in [2.05, 4.69) is 46.4 Å². The maximum Gasteiger partial charge on any atom is 0.127 e. The van der Waals surface area contributed by atoms with Crippen molar-refractivity contribution in [2.24, 2.45) is 5.73 Å². The molecule has 2 aromatic heterocycles. The van der Waals surface area contributed by atoms with Crippen molar-refractivity contribution in [3.63, 3.8) is 0 Å². The molecule has 3 N–H and O–H groups in total. The minimum atomic E-state index is -0.671. The highest BCUT2D eigenvalue weighted by Crippen LogP contribution is 2.47. The third kappa shape index (κ3) is 3.43. The second-order valence-electron chi connectivity index (χ2n) is 8.27. The molecule has 2 aromatic carbocycles. The molecular weight excluding hydrogens is 392 g/mol. The van der Waals surface area contributed by atoms with Crippen LogP contribution in [0.3, 0.4) is 0 Å². The van der Waals surface area contributed by atoms with Gasteiger partial charge in [0.1, 0.15) is 11.3 Å². The number of aliphatic hydroxyl groups is 1. The Morgan fingerprint density at radius 1 is 0.900 bits per heavy atom. The Morgan fingerprint density at radius 2 is 1.57 bits per heavy atom. The first kappa shape index (κ1) is 19.1. The van der Waals surface area contributed by atoms with E-state index < -0.39 is 11.1 Å². The fourth-order valence-corrected chi connectivity index (χ4v) is 5.37. The lowest BCUT2D eigenvalue weighted by Crippen LogP contribution is -2.58. The summed E-state index contributed by atoms with van der Waals surface area (Å²) in [5.74, 6) is 0. The second kappa shape index (κ2) is 7.09. The zero-order chi connectivity index (χ0) is 20.8. The van der Waals surface area contributed by atoms with Gasteiger partial charge < -0.3 is 10.8 Å². The molecule has 5 rings (SSSR count). The van der Waals surface area contributed by atoms with Crippen molar-refractivity contribution in [2.45, 2.75) is 30.9 Å². The highest BCUT2D eigenvalue weighted by atomic mass is 32.1. The van der Waals surface area contributed by atoms with Crippen LogP contribution in [0.4, 0.5) is 0 Å². The highest BCUT2D eigenvalue weighted by molar-refractivity contribution is 7.19. The molecule has 1 aliphatic carbocycles. The van der Waals surface area contributed by atoms with E-state index in [-0.39, 0.29) is 0 Å². The van der Waals surface area contributed by atoms with Gasteiger partial charge in [0, 0.05) is 29.1 Å². The van der Waals surface area contributed by atoms with Gasteiger partial charge in [0.25, 0.3) is 0 Å². The van der Waals surface area contributed by atoms with Crippen LogP contribution in [0, 0.1) is 0 Å². The summed E-state index contributed by atoms with van der Waals surface area (Å²) in [5.41, 5.74) is 10.4. The molecule has 4 aromatic rings. The van der Waals surface area contributed by atoms with E-state index in [4.69, 9.17) is 10.7 Å². The first-order chi connectivity index (χ1) is 14.4. The number of nitrogens with two attached hydrogens (primary N) is 1. The van der Waals surface area contributed by atoms with Gasteiger partial charge in [-0.1, -0.05) is 54.6 Å². The molecular formula is C24H22N4OS. The Labute approximate surface area is 179 Å². The van der Waals surface area contributed by atoms with Crippen molar-refractivity contribution >= 4 is 11.3 Å². The topological polar surface area (TPSA) is 84.9 Å². The molecule has 150 valence electrons. The van der Waals surface area contributed by atoms with Gasteiger partial charge in [-0.2, -0.15) is 0 Å². The Morgan fingerprint density at radius 3 is 2.20 bits per heavy atom. The van der Waals surface area contributed by atoms with E-state index in [9.17, 15) is 5.11 Å². The Bertz CT molecular complexity index is 1160. The smallest absolute Gasteiger partial charge is 0.127 e. The number of hydrogen-bond donors (Lipinski definition) is 2. The van der Waals surface area contributed by atoms with Gasteiger partial charge in [0.2, 0.25) is 0 Å². The van der Waals surface area contributed by atoms with Gasteiger partial charge in [-0.15, -0.1) is 11.3 Å². The van der Waals surface area contributed by atoms with Crippen LogP contribution in [0.25, 0.3) is 32.3 Å². The number of rotatable bonds is 4. The lowest BCUT2D eigenvalue weighted by molar-refractivity contribution is -0.0738. The summed E-state index contributed by atoms with van der Waals surface area (Å²) >= 11 is 1.64. The van der Waals surface area contributed by atoms with E-state index in [1.807, 2.05) is 25.1 Å². The summed E-state index contributed by atoms with van der Waals surface area (Å²) in [6, 6.07) is 18.5. The van der Waals surface area contributed by atoms with E-state index >= 15 is 0 Å². The molecule has 0 spiro atoms. The fraction of sp³-hybridized carbons (Fsp3) is 0.208. The average molecular weight is 415 g/mol. The number of nitrogens with zero attached hydrogens (tertiary/aromatic N) is 3. The summed E-state index contributed by atoms with van der Waals surface area (Å²) in [6.07, 6.45) is 6.24. The van der Waals surface area contributed by atoms with E-state index in [0.717, 1.165) is 37.8 Å². The summed E-state index contributed by atoms with van der Waals surface area (Å²) in [7, 11) is 0. The summed E-state index contributed by atoms with van der Waals surface area (Å²) < 4.78 is 0. The third-order valence-electron chi connectivity index (χ3n) is 5.60. The molecule has 0 unspecified atom stereocenters. The fourth-order valence-electron chi connectivity index (χ4n) is 4.31. The third-order valence-corrected chi connectivity index (χ3v) is 6.75. The summed E-state index contributed by atoms with van der Waals surface area (Å²) in [6.45, 7) is 1.84. The summed E-state index contributed by atoms with van der Waals surface area (Å²) in [5, 5.41) is 11.0. The Hall–Kier alpha value is -2.93. The van der Waals surface area contributed by atoms with Gasteiger partial charge in [-0.3, -0.25) is 0 Å². The van der Waals surface area contributed by atoms with Crippen LogP contribution in [0.2, 0.25) is 0 Å². The minimum Gasteiger partial charge on any atom is -0.390 e. The number of benzene rings is 2. The molecule has 1 saturated carbocycles. The molecule has 0 radical (unpaired) electrons. The van der Waals surface area contributed by atoms with E-state index in [1.54, 1.807) is 23.7 Å². The standard InChI is InChI=1S/C24H22N4OS/c1-23(29)13-24(25,14-23)19-9-7-16(8-10-19)20-21(17-5-3-2-4-6-17)30-22(28-20)18-11-26-15-27-12-18/h2-12,15,29H,13-14,25H2,1H3/t23-,24+. The van der Waals surface area contributed by atoms with Crippen LogP contribution in [0.1, 0.15) is 25.3 Å². The highest BCUT2D eigenvalue weighted by Gasteiger charge is 2.49. The zero-order valence-corrected chi connectivity index (χ0v) is 17.4. The quantitative estimate of drug-likeness (QED) is 0.508. The molecule has 5 nitrogen and oxygen atoms in total. The van der Waals surface area contributed by atoms with E-state index in [0.29, 0.717) is 12.8 Å². The first-order valence-electron chi connectivity index (χ1n) is 9.87. The molecule has 0 atom stereocenters. The Kier molecular flexibility index (Phi) is 4.50. The minimum absolute atomic E-state index is 0.459. The number of thiazole rings is 1. The van der Waals surface area contributed by atoms with Crippen LogP contribution >= 0.6 is 11.3 Å². The number of hydrogen-bond acceptors (Lipinski definition) is 6. The molecule has 0 amide bonds. The van der Waals surface area contributed by atoms with Crippen LogP contribution < -0.4 is 5.73 Å². The van der Waals surface area contributed by atoms with Crippen molar-refractivity contribution in [1.29, 1.82) is 0 Å². The molecule has 2 heterocycles. The van der Waals surface area contributed by atoms with Crippen LogP contribution in [0.15, 0.2) is 73.3 Å². The van der Waals surface area contributed by atoms with Crippen LogP contribution in [0.5, 0.6) is 0 Å². The average Bonchev–Trinajstić information content (AvgIpc) is 3.19. The second-order valence-corrected chi connectivity index (χ2v) is 9.27. The molecule has 0 aliphatic heterocycles. The lowest BCUT2D eigenvalue weighted by Gasteiger charge is -2.49. The van der Waals surface area contributed by atoms with Crippen molar-refractivity contribution in [1.82, 2.24) is 15.0 Å². The van der Waals surface area contributed by atoms with Crippen LogP contribution in [-0.2, 0) is 5.54 Å². The van der Waals surface area contributed by atoms with Crippen molar-refractivity contribution in [3.05, 3.63) is 78.9 Å². The lowest BCUT2D eigenvalue weighted by atomic mass is 9.63. The molecule has 6 heteroatoms. The predicted molar refractivity (Wildman–Crippen MR) is 120 cm³/mol. The number of aromatic nitrogens is 3. The Balaban J connectivity index is 1.56. The molecule has 30 heavy (non-hydrogen) atoms. The largest absolute Gasteiger partial charge is 0.390 e. The van der Waals surface area contributed by atoms with Crippen molar-refractivity contribution < 1.29 is 5.11 Å². The maximum absolute atomic E-state index is 10.1. The van der Waals surface area contributed by atoms with Crippen molar-refractivity contribution in [3.8, 4) is 32.3 Å². The molecule has 0 bridgehead atoms. The zero-order valence-electron chi connectivity index (χ0n) is 16.6. The monoisotopic (exact) mass is 414 g/mol. The van der Waals surface area contributed by atoms with Crippen LogP contribution in [-0.4, -0.2) is 25.7 Å². The molecule has 1 aliphatic rings. The maximum atomic E-state index is 10.1. The van der Waals surface area contributed by atoms with Crippen molar-refractivity contribution in [2.75, 3.05) is 0 Å². The van der Waals surface area contributed by atoms with Gasteiger partial charge in [0.15, 0.2) is 0 Å². The van der Waals surface area contributed by atoms with Gasteiger partial charge in [-0.25, -0.2) is 15.0 Å². The van der Waals surface area contributed by atoms with E-state index in [1.165, 1.54) is 6.33 Å².